The zero-order valence-corrected chi connectivity index (χ0v) is 10.3. The number of esters is 1. The summed E-state index contributed by atoms with van der Waals surface area (Å²) >= 11 is 0. The van der Waals surface area contributed by atoms with E-state index in [2.05, 4.69) is 6.58 Å². The number of hydrogen-bond donors (Lipinski definition) is 0. The van der Waals surface area contributed by atoms with Crippen LogP contribution in [0.5, 0.6) is 0 Å². The third kappa shape index (κ3) is 11.2. The van der Waals surface area contributed by atoms with Crippen LogP contribution in [0.25, 0.3) is 0 Å². The Balaban J connectivity index is 3.09. The van der Waals surface area contributed by atoms with Crippen LogP contribution < -0.4 is 0 Å². The first kappa shape index (κ1) is 15.1. The Hall–Kier alpha value is -0.860. The zero-order valence-electron chi connectivity index (χ0n) is 10.3. The van der Waals surface area contributed by atoms with Crippen LogP contribution >= 0.6 is 0 Å². The molecule has 0 atom stereocenters. The van der Waals surface area contributed by atoms with Gasteiger partial charge >= 0.3 is 5.97 Å². The van der Waals surface area contributed by atoms with Crippen molar-refractivity contribution < 1.29 is 13.9 Å². The number of unbranched alkanes of at least 4 members (excludes halogenated alkanes) is 5. The number of ether oxygens (including phenoxy) is 1. The van der Waals surface area contributed by atoms with Gasteiger partial charge < -0.3 is 4.74 Å². The van der Waals surface area contributed by atoms with Gasteiger partial charge in [0.2, 0.25) is 0 Å². The van der Waals surface area contributed by atoms with E-state index in [0.29, 0.717) is 19.4 Å². The van der Waals surface area contributed by atoms with Crippen molar-refractivity contribution in [3.05, 3.63) is 12.4 Å². The SMILES string of the molecule is C=C(F)CCCCCCCCC(=O)OCC. The number of allylic oxidation sites excluding steroid dienone is 1. The van der Waals surface area contributed by atoms with Crippen LogP contribution in [0.3, 0.4) is 0 Å². The number of halogens is 1. The largest absolute Gasteiger partial charge is 0.466 e. The summed E-state index contributed by atoms with van der Waals surface area (Å²) in [7, 11) is 0. The van der Waals surface area contributed by atoms with Crippen molar-refractivity contribution in [2.75, 3.05) is 6.61 Å². The quantitative estimate of drug-likeness (QED) is 0.416. The third-order valence-electron chi connectivity index (χ3n) is 2.38. The first-order chi connectivity index (χ1) is 7.66. The Morgan fingerprint density at radius 3 is 2.06 bits per heavy atom. The van der Waals surface area contributed by atoms with Gasteiger partial charge in [-0.05, 0) is 26.2 Å². The molecule has 0 aliphatic heterocycles. The highest BCUT2D eigenvalue weighted by Crippen LogP contribution is 2.11. The Kier molecular flexibility index (Phi) is 10.1. The fourth-order valence-electron chi connectivity index (χ4n) is 1.53. The van der Waals surface area contributed by atoms with Crippen LogP contribution in [0.1, 0.15) is 58.3 Å². The second-order valence-corrected chi connectivity index (χ2v) is 3.94. The van der Waals surface area contributed by atoms with Crippen molar-refractivity contribution in [3.63, 3.8) is 0 Å². The van der Waals surface area contributed by atoms with Gasteiger partial charge in [0.25, 0.3) is 0 Å². The van der Waals surface area contributed by atoms with E-state index in [1.807, 2.05) is 6.92 Å². The summed E-state index contributed by atoms with van der Waals surface area (Å²) in [4.78, 5) is 11.0. The van der Waals surface area contributed by atoms with Crippen molar-refractivity contribution in [2.24, 2.45) is 0 Å². The van der Waals surface area contributed by atoms with E-state index in [1.165, 1.54) is 0 Å². The average Bonchev–Trinajstić information content (AvgIpc) is 2.22. The maximum absolute atomic E-state index is 12.2. The molecule has 0 saturated heterocycles. The van der Waals surface area contributed by atoms with Crippen LogP contribution in [0.2, 0.25) is 0 Å². The van der Waals surface area contributed by atoms with Gasteiger partial charge in [-0.3, -0.25) is 4.79 Å². The molecule has 0 heterocycles. The number of carbonyl (C=O) groups excluding carboxylic acids is 1. The molecule has 16 heavy (non-hydrogen) atoms. The molecule has 0 saturated carbocycles. The van der Waals surface area contributed by atoms with Gasteiger partial charge in [0, 0.05) is 6.42 Å². The highest BCUT2D eigenvalue weighted by molar-refractivity contribution is 5.69. The van der Waals surface area contributed by atoms with Crippen molar-refractivity contribution in [2.45, 2.75) is 58.3 Å². The van der Waals surface area contributed by atoms with Gasteiger partial charge in [0.05, 0.1) is 12.4 Å². The molecule has 0 rings (SSSR count). The lowest BCUT2D eigenvalue weighted by molar-refractivity contribution is -0.143. The van der Waals surface area contributed by atoms with Crippen LogP contribution in [0, 0.1) is 0 Å². The standard InChI is InChI=1S/C13H23FO2/c1-3-16-13(15)11-9-7-5-4-6-8-10-12(2)14/h2-11H2,1H3. The maximum atomic E-state index is 12.2. The zero-order chi connectivity index (χ0) is 12.2. The molecule has 0 aromatic heterocycles. The Morgan fingerprint density at radius 2 is 1.56 bits per heavy atom. The van der Waals surface area contributed by atoms with E-state index < -0.39 is 0 Å². The van der Waals surface area contributed by atoms with Crippen LogP contribution in [0.15, 0.2) is 12.4 Å². The van der Waals surface area contributed by atoms with Crippen LogP contribution in [-0.4, -0.2) is 12.6 Å². The van der Waals surface area contributed by atoms with Gasteiger partial charge in [-0.1, -0.05) is 32.3 Å². The molecule has 94 valence electrons. The monoisotopic (exact) mass is 230 g/mol. The summed E-state index contributed by atoms with van der Waals surface area (Å²) in [5, 5.41) is 0. The molecule has 0 aliphatic rings. The molecule has 0 radical (unpaired) electrons. The lowest BCUT2D eigenvalue weighted by Crippen LogP contribution is -2.03. The molecule has 0 unspecified atom stereocenters. The lowest BCUT2D eigenvalue weighted by atomic mass is 10.1. The number of carbonyl (C=O) groups is 1. The fourth-order valence-corrected chi connectivity index (χ4v) is 1.53. The number of hydrogen-bond acceptors (Lipinski definition) is 2. The minimum atomic E-state index is -0.220. The minimum absolute atomic E-state index is 0.101. The fraction of sp³-hybridized carbons (Fsp3) is 0.769. The Bertz CT molecular complexity index is 202. The summed E-state index contributed by atoms with van der Waals surface area (Å²) in [6.07, 6.45) is 7.10. The Labute approximate surface area is 97.9 Å². The van der Waals surface area contributed by atoms with Crippen LogP contribution in [-0.2, 0) is 9.53 Å². The second kappa shape index (κ2) is 10.7. The third-order valence-corrected chi connectivity index (χ3v) is 2.38. The molecule has 0 aromatic rings. The molecular weight excluding hydrogens is 207 g/mol. The first-order valence-electron chi connectivity index (χ1n) is 6.15. The molecule has 0 spiro atoms. The molecule has 2 nitrogen and oxygen atoms in total. The predicted molar refractivity (Wildman–Crippen MR) is 63.8 cm³/mol. The van der Waals surface area contributed by atoms with Crippen LogP contribution in [0.4, 0.5) is 4.39 Å². The molecule has 0 bridgehead atoms. The summed E-state index contributed by atoms with van der Waals surface area (Å²) in [5.74, 6) is -0.321. The highest BCUT2D eigenvalue weighted by atomic mass is 19.1. The predicted octanol–water partition coefficient (Wildman–Crippen LogP) is 4.15. The topological polar surface area (TPSA) is 26.3 Å². The van der Waals surface area contributed by atoms with E-state index in [0.717, 1.165) is 38.5 Å². The number of rotatable bonds is 10. The summed E-state index contributed by atoms with van der Waals surface area (Å²) in [6, 6.07) is 0. The van der Waals surface area contributed by atoms with Crippen molar-refractivity contribution in [1.82, 2.24) is 0 Å². The average molecular weight is 230 g/mol. The molecule has 0 N–H and O–H groups in total. The molecule has 3 heteroatoms. The Morgan fingerprint density at radius 1 is 1.06 bits per heavy atom. The van der Waals surface area contributed by atoms with E-state index >= 15 is 0 Å². The van der Waals surface area contributed by atoms with Gasteiger partial charge in [-0.15, -0.1) is 0 Å². The second-order valence-electron chi connectivity index (χ2n) is 3.94. The first-order valence-corrected chi connectivity index (χ1v) is 6.15. The van der Waals surface area contributed by atoms with Gasteiger partial charge in [-0.25, -0.2) is 4.39 Å². The van der Waals surface area contributed by atoms with Gasteiger partial charge in [-0.2, -0.15) is 0 Å². The molecule has 0 amide bonds. The lowest BCUT2D eigenvalue weighted by Gasteiger charge is -2.02. The van der Waals surface area contributed by atoms with E-state index in [9.17, 15) is 9.18 Å². The van der Waals surface area contributed by atoms with E-state index in [4.69, 9.17) is 4.74 Å². The molecular formula is C13H23FO2. The van der Waals surface area contributed by atoms with Gasteiger partial charge in [0.15, 0.2) is 0 Å². The highest BCUT2D eigenvalue weighted by Gasteiger charge is 2.00. The molecule has 0 aromatic carbocycles. The smallest absolute Gasteiger partial charge is 0.305 e. The summed E-state index contributed by atoms with van der Waals surface area (Å²) < 4.78 is 17.1. The maximum Gasteiger partial charge on any atom is 0.305 e. The molecule has 0 aliphatic carbocycles. The van der Waals surface area contributed by atoms with Crippen molar-refractivity contribution >= 4 is 5.97 Å². The minimum Gasteiger partial charge on any atom is -0.466 e. The van der Waals surface area contributed by atoms with Gasteiger partial charge in [0.1, 0.15) is 0 Å². The van der Waals surface area contributed by atoms with Crippen molar-refractivity contribution in [3.8, 4) is 0 Å². The molecule has 0 fully saturated rings. The van der Waals surface area contributed by atoms with E-state index in [-0.39, 0.29) is 11.8 Å². The van der Waals surface area contributed by atoms with Crippen molar-refractivity contribution in [1.29, 1.82) is 0 Å². The van der Waals surface area contributed by atoms with E-state index in [1.54, 1.807) is 0 Å². The normalized spacial score (nSPS) is 10.1. The summed E-state index contributed by atoms with van der Waals surface area (Å²) in [6.45, 7) is 5.50. The summed E-state index contributed by atoms with van der Waals surface area (Å²) in [5.41, 5.74) is 0.